The number of ether oxygens (including phenoxy) is 1. The molecule has 0 aliphatic heterocycles. The van der Waals surface area contributed by atoms with Crippen molar-refractivity contribution in [2.24, 2.45) is 0 Å². The number of carbonyl (C=O) groups excluding carboxylic acids is 2. The molecule has 0 rings (SSSR count). The second-order valence-electron chi connectivity index (χ2n) is 2.48. The molecule has 0 N–H and O–H groups in total. The van der Waals surface area contributed by atoms with Gasteiger partial charge in [-0.3, -0.25) is 0 Å². The summed E-state index contributed by atoms with van der Waals surface area (Å²) in [7, 11) is 0.0896. The Bertz CT molecular complexity index is 213. The quantitative estimate of drug-likeness (QED) is 0.287. The van der Waals surface area contributed by atoms with Crippen LogP contribution in [0.15, 0.2) is 12.2 Å². The summed E-state index contributed by atoms with van der Waals surface area (Å²) in [5, 5.41) is 0. The lowest BCUT2D eigenvalue weighted by Crippen LogP contribution is -2.05. The Morgan fingerprint density at radius 1 is 1.29 bits per heavy atom. The predicted molar refractivity (Wildman–Crippen MR) is 52.7 cm³/mol. The van der Waals surface area contributed by atoms with Gasteiger partial charge in [0.1, 0.15) is 0 Å². The average molecular weight is 214 g/mol. The molecule has 0 unspecified atom stereocenters. The Morgan fingerprint density at radius 3 is 2.50 bits per heavy atom. The molecule has 0 amide bonds. The molecule has 0 aromatic carbocycles. The first-order chi connectivity index (χ1) is 6.70. The molecular formula is C9H14O4Si. The summed E-state index contributed by atoms with van der Waals surface area (Å²) in [6.45, 7) is 4.12. The summed E-state index contributed by atoms with van der Waals surface area (Å²) >= 11 is 0. The Balaban J connectivity index is 3.64. The molecule has 0 aliphatic rings. The molecule has 2 radical (unpaired) electrons. The van der Waals surface area contributed by atoms with E-state index in [0.29, 0.717) is 6.61 Å². The van der Waals surface area contributed by atoms with Crippen molar-refractivity contribution in [2.75, 3.05) is 6.61 Å². The number of carbonyl (C=O) groups is 2. The van der Waals surface area contributed by atoms with Gasteiger partial charge in [0.15, 0.2) is 0 Å². The molecule has 0 bridgehead atoms. The minimum absolute atomic E-state index is 0.0896. The van der Waals surface area contributed by atoms with E-state index in [4.69, 9.17) is 4.74 Å². The zero-order valence-electron chi connectivity index (χ0n) is 8.41. The fourth-order valence-corrected chi connectivity index (χ4v) is 0.905. The van der Waals surface area contributed by atoms with Gasteiger partial charge in [-0.15, -0.1) is 0 Å². The van der Waals surface area contributed by atoms with Gasteiger partial charge in [-0.25, -0.2) is 9.59 Å². The average Bonchev–Trinajstić information content (AvgIpc) is 2.16. The fraction of sp³-hybridized carbons (Fsp3) is 0.556. The SMILES string of the molecule is CCCCOC(=O)/C=C\C(=O)O[Si]C. The second kappa shape index (κ2) is 8.49. The van der Waals surface area contributed by atoms with E-state index in [2.05, 4.69) is 4.43 Å². The molecule has 0 aromatic rings. The maximum Gasteiger partial charge on any atom is 0.331 e. The highest BCUT2D eigenvalue weighted by molar-refractivity contribution is 6.29. The largest absolute Gasteiger partial charge is 0.514 e. The topological polar surface area (TPSA) is 52.6 Å². The number of hydrogen-bond acceptors (Lipinski definition) is 4. The van der Waals surface area contributed by atoms with Crippen molar-refractivity contribution in [3.8, 4) is 0 Å². The molecule has 0 fully saturated rings. The third-order valence-corrected chi connectivity index (χ3v) is 1.71. The molecule has 14 heavy (non-hydrogen) atoms. The van der Waals surface area contributed by atoms with Gasteiger partial charge in [-0.05, 0) is 13.0 Å². The maximum atomic E-state index is 10.9. The lowest BCUT2D eigenvalue weighted by Gasteiger charge is -1.98. The van der Waals surface area contributed by atoms with Crippen molar-refractivity contribution in [3.05, 3.63) is 12.2 Å². The standard InChI is InChI=1S/C9H14O4Si/c1-3-4-7-12-8(10)5-6-9(11)13-14-2/h5-6H,3-4,7H2,1-2H3/b6-5-. The molecule has 0 atom stereocenters. The zero-order valence-corrected chi connectivity index (χ0v) is 9.41. The van der Waals surface area contributed by atoms with Gasteiger partial charge in [0.25, 0.3) is 0 Å². The third-order valence-electron chi connectivity index (χ3n) is 1.30. The number of unbranched alkanes of at least 4 members (excludes halogenated alkanes) is 1. The minimum atomic E-state index is -0.515. The van der Waals surface area contributed by atoms with Crippen LogP contribution in [0.4, 0.5) is 0 Å². The van der Waals surface area contributed by atoms with Crippen LogP contribution in [0.5, 0.6) is 0 Å². The summed E-state index contributed by atoms with van der Waals surface area (Å²) < 4.78 is 9.39. The molecule has 0 aromatic heterocycles. The van der Waals surface area contributed by atoms with Crippen LogP contribution in [0.3, 0.4) is 0 Å². The molecule has 0 aliphatic carbocycles. The third kappa shape index (κ3) is 7.54. The van der Waals surface area contributed by atoms with Crippen molar-refractivity contribution in [3.63, 3.8) is 0 Å². The molecule has 0 saturated heterocycles. The van der Waals surface area contributed by atoms with E-state index in [1.807, 2.05) is 6.92 Å². The summed E-state index contributed by atoms with van der Waals surface area (Å²) in [6, 6.07) is 0. The maximum absolute atomic E-state index is 10.9. The van der Waals surface area contributed by atoms with Gasteiger partial charge >= 0.3 is 21.7 Å². The molecule has 0 spiro atoms. The van der Waals surface area contributed by atoms with Gasteiger partial charge in [-0.1, -0.05) is 13.3 Å². The van der Waals surface area contributed by atoms with Crippen LogP contribution in [-0.4, -0.2) is 28.3 Å². The van der Waals surface area contributed by atoms with Crippen LogP contribution < -0.4 is 0 Å². The summed E-state index contributed by atoms with van der Waals surface area (Å²) in [5.41, 5.74) is 0. The Kier molecular flexibility index (Phi) is 7.82. The summed E-state index contributed by atoms with van der Waals surface area (Å²) in [4.78, 5) is 21.7. The first-order valence-corrected chi connectivity index (χ1v) is 5.84. The van der Waals surface area contributed by atoms with Crippen molar-refractivity contribution >= 4 is 21.7 Å². The smallest absolute Gasteiger partial charge is 0.331 e. The number of rotatable bonds is 6. The Hall–Kier alpha value is -1.10. The van der Waals surface area contributed by atoms with E-state index in [0.717, 1.165) is 25.0 Å². The highest BCUT2D eigenvalue weighted by Gasteiger charge is 1.99. The van der Waals surface area contributed by atoms with Crippen LogP contribution in [0.25, 0.3) is 0 Å². The van der Waals surface area contributed by atoms with Gasteiger partial charge in [0.2, 0.25) is 0 Å². The van der Waals surface area contributed by atoms with Crippen molar-refractivity contribution in [2.45, 2.75) is 26.3 Å². The molecule has 78 valence electrons. The van der Waals surface area contributed by atoms with E-state index in [9.17, 15) is 9.59 Å². The first-order valence-electron chi connectivity index (χ1n) is 4.43. The molecule has 4 nitrogen and oxygen atoms in total. The zero-order chi connectivity index (χ0) is 10.8. The van der Waals surface area contributed by atoms with Gasteiger partial charge in [0, 0.05) is 12.2 Å². The highest BCUT2D eigenvalue weighted by Crippen LogP contribution is 1.90. The molecule has 5 heteroatoms. The normalized spacial score (nSPS) is 10.1. The van der Waals surface area contributed by atoms with Crippen LogP contribution in [0.2, 0.25) is 6.55 Å². The van der Waals surface area contributed by atoms with Crippen LogP contribution in [0.1, 0.15) is 19.8 Å². The second-order valence-corrected chi connectivity index (χ2v) is 3.09. The van der Waals surface area contributed by atoms with Crippen LogP contribution in [0, 0.1) is 0 Å². The van der Waals surface area contributed by atoms with E-state index < -0.39 is 11.9 Å². The van der Waals surface area contributed by atoms with Crippen LogP contribution in [-0.2, 0) is 18.8 Å². The van der Waals surface area contributed by atoms with Crippen molar-refractivity contribution in [1.29, 1.82) is 0 Å². The lowest BCUT2D eigenvalue weighted by molar-refractivity contribution is -0.138. The lowest BCUT2D eigenvalue weighted by atomic mass is 10.4. The van der Waals surface area contributed by atoms with E-state index in [-0.39, 0.29) is 9.76 Å². The van der Waals surface area contributed by atoms with E-state index >= 15 is 0 Å². The summed E-state index contributed by atoms with van der Waals surface area (Å²) in [6.07, 6.45) is 3.96. The van der Waals surface area contributed by atoms with Gasteiger partial charge in [-0.2, -0.15) is 0 Å². The van der Waals surface area contributed by atoms with Gasteiger partial charge < -0.3 is 9.16 Å². The molecular weight excluding hydrogens is 200 g/mol. The van der Waals surface area contributed by atoms with Crippen LogP contribution >= 0.6 is 0 Å². The minimum Gasteiger partial charge on any atom is -0.514 e. The first kappa shape index (κ1) is 12.9. The predicted octanol–water partition coefficient (Wildman–Crippen LogP) is 1.10. The Morgan fingerprint density at radius 2 is 1.93 bits per heavy atom. The number of hydrogen-bond donors (Lipinski definition) is 0. The van der Waals surface area contributed by atoms with Crippen molar-refractivity contribution in [1.82, 2.24) is 0 Å². The van der Waals surface area contributed by atoms with Gasteiger partial charge in [0.05, 0.1) is 6.61 Å². The molecule has 0 saturated carbocycles. The summed E-state index contributed by atoms with van der Waals surface area (Å²) in [5.74, 6) is -1.02. The molecule has 0 heterocycles. The monoisotopic (exact) mass is 214 g/mol. The Labute approximate surface area is 86.2 Å². The van der Waals surface area contributed by atoms with Crippen molar-refractivity contribution < 1.29 is 18.8 Å². The van der Waals surface area contributed by atoms with E-state index in [1.165, 1.54) is 0 Å². The van der Waals surface area contributed by atoms with E-state index in [1.54, 1.807) is 6.55 Å². The highest BCUT2D eigenvalue weighted by atomic mass is 28.2. The fourth-order valence-electron chi connectivity index (χ4n) is 0.636. The number of esters is 1.